The second-order valence-corrected chi connectivity index (χ2v) is 8.60. The maximum Gasteiger partial charge on any atom is 0.267 e. The van der Waals surface area contributed by atoms with Crippen LogP contribution in [0.15, 0.2) is 0 Å². The molecule has 1 aliphatic carbocycles. The van der Waals surface area contributed by atoms with Crippen LogP contribution in [0.4, 0.5) is 0 Å². The first kappa shape index (κ1) is 19.1. The molecule has 0 unspecified atom stereocenters. The largest absolute Gasteiger partial charge is 0.383 e. The Morgan fingerprint density at radius 2 is 1.91 bits per heavy atom. The van der Waals surface area contributed by atoms with Crippen molar-refractivity contribution >= 4 is 10.1 Å². The van der Waals surface area contributed by atoms with Crippen LogP contribution in [0, 0.1) is 0 Å². The minimum Gasteiger partial charge on any atom is -0.383 e. The molecule has 23 heavy (non-hydrogen) atoms. The van der Waals surface area contributed by atoms with Gasteiger partial charge in [-0.15, -0.1) is 0 Å². The van der Waals surface area contributed by atoms with Crippen molar-refractivity contribution in [3.8, 4) is 0 Å². The maximum absolute atomic E-state index is 12.1. The van der Waals surface area contributed by atoms with Gasteiger partial charge in [0.05, 0.1) is 18.5 Å². The molecule has 7 heteroatoms. The topological polar surface area (TPSA) is 67.9 Å². The third-order valence-corrected chi connectivity index (χ3v) is 6.06. The van der Waals surface area contributed by atoms with Crippen molar-refractivity contribution in [2.24, 2.45) is 0 Å². The molecular formula is C16H32N2O4S. The predicted octanol–water partition coefficient (Wildman–Crippen LogP) is 2.06. The van der Waals surface area contributed by atoms with E-state index >= 15 is 0 Å². The fourth-order valence-electron chi connectivity index (χ4n) is 3.46. The molecule has 2 fully saturated rings. The Labute approximate surface area is 141 Å². The van der Waals surface area contributed by atoms with Gasteiger partial charge in [-0.3, -0.25) is 9.61 Å². The van der Waals surface area contributed by atoms with E-state index in [1.165, 1.54) is 6.42 Å². The van der Waals surface area contributed by atoms with Gasteiger partial charge in [0.2, 0.25) is 0 Å². The van der Waals surface area contributed by atoms with E-state index in [0.29, 0.717) is 19.1 Å². The summed E-state index contributed by atoms with van der Waals surface area (Å²) in [4.78, 5) is 0. The molecule has 0 spiro atoms. The van der Waals surface area contributed by atoms with Gasteiger partial charge in [0, 0.05) is 25.7 Å². The first-order valence-electron chi connectivity index (χ1n) is 8.93. The molecule has 0 aromatic rings. The van der Waals surface area contributed by atoms with Crippen molar-refractivity contribution in [1.29, 1.82) is 0 Å². The molecule has 0 aromatic carbocycles. The summed E-state index contributed by atoms with van der Waals surface area (Å²) < 4.78 is 34.9. The summed E-state index contributed by atoms with van der Waals surface area (Å²) in [5.41, 5.74) is 3.42. The van der Waals surface area contributed by atoms with Crippen molar-refractivity contribution in [1.82, 2.24) is 10.4 Å². The van der Waals surface area contributed by atoms with Gasteiger partial charge in [0.15, 0.2) is 0 Å². The van der Waals surface area contributed by atoms with Crippen molar-refractivity contribution in [3.63, 3.8) is 0 Å². The quantitative estimate of drug-likeness (QED) is 0.643. The molecule has 136 valence electrons. The van der Waals surface area contributed by atoms with Crippen LogP contribution in [0.5, 0.6) is 0 Å². The third-order valence-electron chi connectivity index (χ3n) is 4.76. The first-order chi connectivity index (χ1) is 11.0. The van der Waals surface area contributed by atoms with Crippen molar-refractivity contribution < 1.29 is 17.3 Å². The third kappa shape index (κ3) is 6.66. The molecule has 2 aliphatic rings. The number of rotatable bonds is 9. The number of nitrogens with one attached hydrogen (secondary N) is 1. The fourth-order valence-corrected chi connectivity index (χ4v) is 4.80. The minimum absolute atomic E-state index is 0.0838. The zero-order chi connectivity index (χ0) is 16.7. The summed E-state index contributed by atoms with van der Waals surface area (Å²) in [5, 5.41) is 2.20. The Morgan fingerprint density at radius 1 is 1.17 bits per heavy atom. The van der Waals surface area contributed by atoms with Crippen LogP contribution in [0.3, 0.4) is 0 Å². The van der Waals surface area contributed by atoms with Crippen molar-refractivity contribution in [2.75, 3.05) is 26.0 Å². The van der Waals surface area contributed by atoms with Gasteiger partial charge in [-0.25, -0.2) is 5.01 Å². The zero-order valence-corrected chi connectivity index (χ0v) is 15.3. The van der Waals surface area contributed by atoms with E-state index in [4.69, 9.17) is 8.92 Å². The molecule has 0 radical (unpaired) electrons. The summed E-state index contributed by atoms with van der Waals surface area (Å²) in [6, 6.07) is 0.495. The Balaban J connectivity index is 1.71. The molecule has 0 bridgehead atoms. The first-order valence-corrected chi connectivity index (χ1v) is 10.5. The van der Waals surface area contributed by atoms with E-state index in [2.05, 4.69) is 10.4 Å². The second kappa shape index (κ2) is 9.32. The van der Waals surface area contributed by atoms with Gasteiger partial charge in [-0.1, -0.05) is 19.3 Å². The van der Waals surface area contributed by atoms with Gasteiger partial charge < -0.3 is 4.74 Å². The van der Waals surface area contributed by atoms with Crippen molar-refractivity contribution in [3.05, 3.63) is 0 Å². The summed E-state index contributed by atoms with van der Waals surface area (Å²) in [6.07, 6.45) is 7.83. The minimum atomic E-state index is -3.42. The molecule has 1 heterocycles. The van der Waals surface area contributed by atoms with Crippen LogP contribution < -0.4 is 5.43 Å². The molecule has 1 saturated carbocycles. The van der Waals surface area contributed by atoms with Crippen LogP contribution in [-0.2, 0) is 19.0 Å². The fraction of sp³-hybridized carbons (Fsp3) is 1.00. The highest BCUT2D eigenvalue weighted by Gasteiger charge is 2.26. The lowest BCUT2D eigenvalue weighted by Crippen LogP contribution is -2.48. The Morgan fingerprint density at radius 3 is 2.61 bits per heavy atom. The Kier molecular flexibility index (Phi) is 7.75. The highest BCUT2D eigenvalue weighted by Crippen LogP contribution is 2.22. The van der Waals surface area contributed by atoms with E-state index in [1.54, 1.807) is 7.11 Å². The summed E-state index contributed by atoms with van der Waals surface area (Å²) >= 11 is 0. The van der Waals surface area contributed by atoms with Crippen LogP contribution in [0.2, 0.25) is 0 Å². The molecular weight excluding hydrogens is 316 g/mol. The number of methoxy groups -OCH3 is 1. The van der Waals surface area contributed by atoms with Gasteiger partial charge >= 0.3 is 0 Å². The molecule has 1 aliphatic heterocycles. The Hall–Kier alpha value is -0.210. The normalized spacial score (nSPS) is 25.7. The van der Waals surface area contributed by atoms with Gasteiger partial charge in [0.25, 0.3) is 10.1 Å². The summed E-state index contributed by atoms with van der Waals surface area (Å²) in [5.74, 6) is 0.0838. The number of hydrazine groups is 1. The summed E-state index contributed by atoms with van der Waals surface area (Å²) in [6.45, 7) is 3.73. The van der Waals surface area contributed by atoms with Gasteiger partial charge in [-0.05, 0) is 39.0 Å². The van der Waals surface area contributed by atoms with E-state index in [-0.39, 0.29) is 17.9 Å². The van der Waals surface area contributed by atoms with E-state index in [9.17, 15) is 8.42 Å². The molecule has 2 rings (SSSR count). The molecule has 0 aromatic heterocycles. The van der Waals surface area contributed by atoms with Crippen LogP contribution in [-0.4, -0.2) is 57.6 Å². The molecule has 1 saturated heterocycles. The highest BCUT2D eigenvalue weighted by atomic mass is 32.2. The smallest absolute Gasteiger partial charge is 0.267 e. The maximum atomic E-state index is 12.1. The number of hydrogen-bond acceptors (Lipinski definition) is 6. The number of hydrogen-bond donors (Lipinski definition) is 1. The summed E-state index contributed by atoms with van der Waals surface area (Å²) in [7, 11) is -1.70. The van der Waals surface area contributed by atoms with Crippen LogP contribution in [0.1, 0.15) is 58.3 Å². The molecule has 1 N–H and O–H groups in total. The van der Waals surface area contributed by atoms with E-state index in [1.807, 2.05) is 6.92 Å². The number of nitrogens with zero attached hydrogens (tertiary/aromatic N) is 1. The second-order valence-electron chi connectivity index (χ2n) is 6.88. The average Bonchev–Trinajstić information content (AvgIpc) is 2.93. The lowest BCUT2D eigenvalue weighted by atomic mass is 9.98. The molecule has 0 amide bonds. The van der Waals surface area contributed by atoms with Crippen LogP contribution in [0.25, 0.3) is 0 Å². The Bertz CT molecular complexity index is 437. The van der Waals surface area contributed by atoms with Gasteiger partial charge in [0.1, 0.15) is 0 Å². The van der Waals surface area contributed by atoms with Crippen molar-refractivity contribution in [2.45, 2.75) is 76.5 Å². The zero-order valence-electron chi connectivity index (χ0n) is 14.5. The van der Waals surface area contributed by atoms with Crippen LogP contribution >= 0.6 is 0 Å². The average molecular weight is 349 g/mol. The predicted molar refractivity (Wildman–Crippen MR) is 90.6 cm³/mol. The lowest BCUT2D eigenvalue weighted by Gasteiger charge is -2.28. The van der Waals surface area contributed by atoms with Gasteiger partial charge in [-0.2, -0.15) is 8.42 Å². The standard InChI is InChI=1S/C16H32N2O4S/c1-14(17-18-11-6-7-15(18)13-21-2)10-12-23(19,20)22-16-8-4-3-5-9-16/h14-17H,3-13H2,1-2H3/t14-,15+/m1/s1. The van der Waals surface area contributed by atoms with E-state index in [0.717, 1.165) is 45.1 Å². The molecule has 6 nitrogen and oxygen atoms in total. The highest BCUT2D eigenvalue weighted by molar-refractivity contribution is 7.86. The SMILES string of the molecule is COC[C@@H]1CCCN1N[C@H](C)CCS(=O)(=O)OC1CCCCC1. The monoisotopic (exact) mass is 348 g/mol. The molecule has 2 atom stereocenters. The lowest BCUT2D eigenvalue weighted by molar-refractivity contribution is 0.0725. The number of ether oxygens (including phenoxy) is 1. The van der Waals surface area contributed by atoms with E-state index < -0.39 is 10.1 Å².